The molecule has 1 aromatic carbocycles. The number of thiophene rings is 1. The summed E-state index contributed by atoms with van der Waals surface area (Å²) in [5, 5.41) is 3.68. The van der Waals surface area contributed by atoms with Crippen LogP contribution in [0.3, 0.4) is 0 Å². The molecule has 0 atom stereocenters. The van der Waals surface area contributed by atoms with E-state index in [0.717, 1.165) is 47.2 Å². The van der Waals surface area contributed by atoms with Crippen LogP contribution in [0, 0.1) is 0 Å². The van der Waals surface area contributed by atoms with E-state index in [4.69, 9.17) is 4.74 Å². The monoisotopic (exact) mass is 397 g/mol. The number of nitrogens with zero attached hydrogens (tertiary/aromatic N) is 1. The molecule has 146 valence electrons. The molecule has 1 aliphatic carbocycles. The van der Waals surface area contributed by atoms with Gasteiger partial charge in [0, 0.05) is 24.3 Å². The van der Waals surface area contributed by atoms with Crippen LogP contribution in [0.2, 0.25) is 0 Å². The Hall–Kier alpha value is -2.67. The maximum atomic E-state index is 12.4. The summed E-state index contributed by atoms with van der Waals surface area (Å²) in [5.74, 6) is 1.37. The Morgan fingerprint density at radius 3 is 2.86 bits per heavy atom. The summed E-state index contributed by atoms with van der Waals surface area (Å²) in [6, 6.07) is 7.81. The number of fused-ring (bicyclic) bond motifs is 3. The minimum Gasteiger partial charge on any atom is -0.497 e. The van der Waals surface area contributed by atoms with Crippen molar-refractivity contribution in [1.82, 2.24) is 15.3 Å². The molecular weight excluding hydrogens is 374 g/mol. The van der Waals surface area contributed by atoms with Gasteiger partial charge in [0.15, 0.2) is 0 Å². The standard InChI is InChI=1S/C21H23N3O3S/c1-27-14-7-5-13(6-8-14)11-12-22-18(25)10-9-17-23-20(26)19-15-3-2-4-16(15)28-21(19)24-17/h5-8H,2-4,9-12H2,1H3,(H,22,25)(H,23,24,26). The number of benzene rings is 1. The van der Waals surface area contributed by atoms with Gasteiger partial charge in [0.25, 0.3) is 5.56 Å². The van der Waals surface area contributed by atoms with Gasteiger partial charge in [-0.1, -0.05) is 12.1 Å². The molecule has 3 aromatic rings. The molecule has 0 fully saturated rings. The number of aromatic amines is 1. The molecule has 0 bridgehead atoms. The number of methoxy groups -OCH3 is 1. The summed E-state index contributed by atoms with van der Waals surface area (Å²) in [6.45, 7) is 0.575. The number of hydrogen-bond acceptors (Lipinski definition) is 5. The first-order valence-electron chi connectivity index (χ1n) is 9.57. The summed E-state index contributed by atoms with van der Waals surface area (Å²) < 4.78 is 5.14. The molecule has 7 heteroatoms. The van der Waals surface area contributed by atoms with E-state index in [1.165, 1.54) is 10.4 Å². The third kappa shape index (κ3) is 3.94. The molecule has 0 unspecified atom stereocenters. The van der Waals surface area contributed by atoms with Crippen LogP contribution in [0.1, 0.15) is 34.7 Å². The molecular formula is C21H23N3O3S. The first kappa shape index (κ1) is 18.7. The lowest BCUT2D eigenvalue weighted by Gasteiger charge is -2.06. The lowest BCUT2D eigenvalue weighted by molar-refractivity contribution is -0.121. The SMILES string of the molecule is COc1ccc(CCNC(=O)CCc2nc3sc4c(c3c(=O)[nH]2)CCC4)cc1. The number of H-pyrrole nitrogens is 1. The Morgan fingerprint density at radius 2 is 2.07 bits per heavy atom. The lowest BCUT2D eigenvalue weighted by Crippen LogP contribution is -2.26. The zero-order valence-corrected chi connectivity index (χ0v) is 16.7. The van der Waals surface area contributed by atoms with Crippen molar-refractivity contribution in [2.75, 3.05) is 13.7 Å². The fourth-order valence-electron chi connectivity index (χ4n) is 3.62. The highest BCUT2D eigenvalue weighted by Crippen LogP contribution is 2.34. The summed E-state index contributed by atoms with van der Waals surface area (Å²) in [6.07, 6.45) is 4.63. The fourth-order valence-corrected chi connectivity index (χ4v) is 4.90. The van der Waals surface area contributed by atoms with E-state index in [0.29, 0.717) is 25.2 Å². The van der Waals surface area contributed by atoms with Gasteiger partial charge in [0.2, 0.25) is 5.91 Å². The van der Waals surface area contributed by atoms with E-state index in [1.807, 2.05) is 24.3 Å². The molecule has 1 amide bonds. The molecule has 4 rings (SSSR count). The molecule has 6 nitrogen and oxygen atoms in total. The second-order valence-corrected chi connectivity index (χ2v) is 8.08. The van der Waals surface area contributed by atoms with Gasteiger partial charge in [0.1, 0.15) is 16.4 Å². The number of amides is 1. The average molecular weight is 398 g/mol. The highest BCUT2D eigenvalue weighted by atomic mass is 32.1. The van der Waals surface area contributed by atoms with Crippen molar-refractivity contribution < 1.29 is 9.53 Å². The van der Waals surface area contributed by atoms with Crippen LogP contribution in [0.5, 0.6) is 5.75 Å². The molecule has 0 saturated heterocycles. The van der Waals surface area contributed by atoms with Crippen LogP contribution < -0.4 is 15.6 Å². The van der Waals surface area contributed by atoms with Crippen molar-refractivity contribution in [3.8, 4) is 5.75 Å². The Bertz CT molecular complexity index is 1050. The van der Waals surface area contributed by atoms with Crippen molar-refractivity contribution >= 4 is 27.5 Å². The van der Waals surface area contributed by atoms with Crippen molar-refractivity contribution in [1.29, 1.82) is 0 Å². The largest absolute Gasteiger partial charge is 0.497 e. The predicted molar refractivity (Wildman–Crippen MR) is 110 cm³/mol. The molecule has 2 N–H and O–H groups in total. The number of rotatable bonds is 7. The van der Waals surface area contributed by atoms with Gasteiger partial charge in [-0.3, -0.25) is 9.59 Å². The Kier molecular flexibility index (Phi) is 5.43. The van der Waals surface area contributed by atoms with E-state index in [9.17, 15) is 9.59 Å². The molecule has 2 heterocycles. The first-order chi connectivity index (χ1) is 13.6. The summed E-state index contributed by atoms with van der Waals surface area (Å²) in [5.41, 5.74) is 2.25. The quantitative estimate of drug-likeness (QED) is 0.642. The maximum absolute atomic E-state index is 12.4. The van der Waals surface area contributed by atoms with Gasteiger partial charge in [0.05, 0.1) is 12.5 Å². The zero-order chi connectivity index (χ0) is 19.5. The molecule has 0 radical (unpaired) electrons. The number of carbonyl (C=O) groups excluding carboxylic acids is 1. The van der Waals surface area contributed by atoms with E-state index in [2.05, 4.69) is 15.3 Å². The number of ether oxygens (including phenoxy) is 1. The molecule has 0 aliphatic heterocycles. The zero-order valence-electron chi connectivity index (χ0n) is 15.8. The van der Waals surface area contributed by atoms with Crippen LogP contribution >= 0.6 is 11.3 Å². The summed E-state index contributed by atoms with van der Waals surface area (Å²) in [4.78, 5) is 34.1. The predicted octanol–water partition coefficient (Wildman–Crippen LogP) is 2.77. The second kappa shape index (κ2) is 8.14. The van der Waals surface area contributed by atoms with Crippen LogP contribution in [0.4, 0.5) is 0 Å². The van der Waals surface area contributed by atoms with Crippen molar-refractivity contribution in [2.45, 2.75) is 38.5 Å². The van der Waals surface area contributed by atoms with Crippen LogP contribution in [0.25, 0.3) is 10.2 Å². The smallest absolute Gasteiger partial charge is 0.259 e. The molecule has 2 aromatic heterocycles. The van der Waals surface area contributed by atoms with Gasteiger partial charge in [-0.05, 0) is 48.9 Å². The number of nitrogens with one attached hydrogen (secondary N) is 2. The Labute approximate surface area is 167 Å². The number of hydrogen-bond donors (Lipinski definition) is 2. The minimum absolute atomic E-state index is 0.0371. The highest BCUT2D eigenvalue weighted by Gasteiger charge is 2.21. The third-order valence-electron chi connectivity index (χ3n) is 5.11. The van der Waals surface area contributed by atoms with Crippen molar-refractivity contribution in [3.63, 3.8) is 0 Å². The first-order valence-corrected chi connectivity index (χ1v) is 10.4. The van der Waals surface area contributed by atoms with Crippen LogP contribution in [-0.2, 0) is 30.5 Å². The molecule has 1 aliphatic rings. The average Bonchev–Trinajstić information content (AvgIpc) is 3.27. The van der Waals surface area contributed by atoms with Gasteiger partial charge >= 0.3 is 0 Å². The van der Waals surface area contributed by atoms with Crippen LogP contribution in [-0.4, -0.2) is 29.5 Å². The van der Waals surface area contributed by atoms with Gasteiger partial charge in [-0.15, -0.1) is 11.3 Å². The summed E-state index contributed by atoms with van der Waals surface area (Å²) >= 11 is 1.62. The van der Waals surface area contributed by atoms with E-state index < -0.39 is 0 Å². The number of aromatic nitrogens is 2. The van der Waals surface area contributed by atoms with Gasteiger partial charge < -0.3 is 15.0 Å². The van der Waals surface area contributed by atoms with E-state index >= 15 is 0 Å². The molecule has 0 saturated carbocycles. The summed E-state index contributed by atoms with van der Waals surface area (Å²) in [7, 11) is 1.64. The normalized spacial score (nSPS) is 12.9. The highest BCUT2D eigenvalue weighted by molar-refractivity contribution is 7.18. The molecule has 0 spiro atoms. The maximum Gasteiger partial charge on any atom is 0.259 e. The fraction of sp³-hybridized carbons (Fsp3) is 0.381. The van der Waals surface area contributed by atoms with Crippen molar-refractivity contribution in [3.05, 3.63) is 56.4 Å². The molecule has 28 heavy (non-hydrogen) atoms. The van der Waals surface area contributed by atoms with Crippen molar-refractivity contribution in [2.24, 2.45) is 0 Å². The van der Waals surface area contributed by atoms with Gasteiger partial charge in [-0.2, -0.15) is 0 Å². The number of aryl methyl sites for hydroxylation is 3. The van der Waals surface area contributed by atoms with E-state index in [1.54, 1.807) is 18.4 Å². The van der Waals surface area contributed by atoms with Crippen LogP contribution in [0.15, 0.2) is 29.1 Å². The van der Waals surface area contributed by atoms with Gasteiger partial charge in [-0.25, -0.2) is 4.98 Å². The Balaban J connectivity index is 1.30. The number of carbonyl (C=O) groups is 1. The minimum atomic E-state index is -0.0701. The second-order valence-electron chi connectivity index (χ2n) is 7.00. The Morgan fingerprint density at radius 1 is 1.25 bits per heavy atom. The van der Waals surface area contributed by atoms with E-state index in [-0.39, 0.29) is 11.5 Å². The topological polar surface area (TPSA) is 84.1 Å². The third-order valence-corrected chi connectivity index (χ3v) is 6.29. The lowest BCUT2D eigenvalue weighted by atomic mass is 10.1.